The van der Waals surface area contributed by atoms with Crippen molar-refractivity contribution in [1.29, 1.82) is 0 Å². The predicted octanol–water partition coefficient (Wildman–Crippen LogP) is 4.22. The van der Waals surface area contributed by atoms with Crippen molar-refractivity contribution < 1.29 is 9.45 Å². The van der Waals surface area contributed by atoms with Crippen LogP contribution in [0.1, 0.15) is 11.5 Å². The summed E-state index contributed by atoms with van der Waals surface area (Å²) in [4.78, 5) is 14.6. The van der Waals surface area contributed by atoms with Crippen LogP contribution in [0.4, 0.5) is 11.4 Å². The first-order chi connectivity index (χ1) is 11.5. The second-order valence-electron chi connectivity index (χ2n) is 5.16. The zero-order valence-electron chi connectivity index (χ0n) is 12.7. The molecule has 0 aliphatic rings. The van der Waals surface area contributed by atoms with Crippen LogP contribution in [0.5, 0.6) is 0 Å². The minimum atomic E-state index is -0.467. The first-order valence-electron chi connectivity index (χ1n) is 7.10. The molecule has 7 nitrogen and oxygen atoms in total. The van der Waals surface area contributed by atoms with Gasteiger partial charge in [0.2, 0.25) is 11.7 Å². The number of rotatable bonds is 5. The van der Waals surface area contributed by atoms with Crippen molar-refractivity contribution in [3.05, 3.63) is 69.1 Å². The molecule has 0 saturated carbocycles. The number of nitrogens with zero attached hydrogens (tertiary/aromatic N) is 3. The number of hydrogen-bond donors (Lipinski definition) is 1. The van der Waals surface area contributed by atoms with E-state index in [4.69, 9.17) is 16.1 Å². The van der Waals surface area contributed by atoms with E-state index in [2.05, 4.69) is 15.5 Å². The fourth-order valence-corrected chi connectivity index (χ4v) is 2.44. The van der Waals surface area contributed by atoms with Gasteiger partial charge in [0.25, 0.3) is 5.69 Å². The van der Waals surface area contributed by atoms with E-state index in [-0.39, 0.29) is 5.69 Å². The summed E-state index contributed by atoms with van der Waals surface area (Å²) in [5.41, 5.74) is 2.32. The highest BCUT2D eigenvalue weighted by molar-refractivity contribution is 6.33. The van der Waals surface area contributed by atoms with Gasteiger partial charge < -0.3 is 9.84 Å². The van der Waals surface area contributed by atoms with Gasteiger partial charge in [0.05, 0.1) is 22.2 Å². The van der Waals surface area contributed by atoms with Gasteiger partial charge in [-0.05, 0) is 24.6 Å². The van der Waals surface area contributed by atoms with Gasteiger partial charge in [-0.25, -0.2) is 0 Å². The highest BCUT2D eigenvalue weighted by Gasteiger charge is 2.12. The number of anilines is 1. The first-order valence-corrected chi connectivity index (χ1v) is 7.48. The molecule has 0 amide bonds. The molecule has 24 heavy (non-hydrogen) atoms. The zero-order valence-corrected chi connectivity index (χ0v) is 13.4. The van der Waals surface area contributed by atoms with Crippen LogP contribution in [0.3, 0.4) is 0 Å². The van der Waals surface area contributed by atoms with Crippen molar-refractivity contribution in [3.63, 3.8) is 0 Å². The molecule has 0 fully saturated rings. The van der Waals surface area contributed by atoms with Crippen molar-refractivity contribution in [2.24, 2.45) is 0 Å². The second-order valence-corrected chi connectivity index (χ2v) is 5.56. The Balaban J connectivity index is 1.74. The molecule has 0 aliphatic carbocycles. The van der Waals surface area contributed by atoms with Crippen molar-refractivity contribution in [3.8, 4) is 11.4 Å². The van der Waals surface area contributed by atoms with Crippen LogP contribution < -0.4 is 5.32 Å². The van der Waals surface area contributed by atoms with Gasteiger partial charge >= 0.3 is 0 Å². The molecule has 0 spiro atoms. The summed E-state index contributed by atoms with van der Waals surface area (Å²) in [5.74, 6) is 0.652. The lowest BCUT2D eigenvalue weighted by molar-refractivity contribution is -0.384. The van der Waals surface area contributed by atoms with Crippen molar-refractivity contribution in [2.45, 2.75) is 13.5 Å². The summed E-state index contributed by atoms with van der Waals surface area (Å²) in [6, 6.07) is 11.7. The Labute approximate surface area is 142 Å². The molecule has 0 unspecified atom stereocenters. The van der Waals surface area contributed by atoms with Gasteiger partial charge in [-0.15, -0.1) is 0 Å². The van der Waals surface area contributed by atoms with Crippen LogP contribution in [0.25, 0.3) is 11.4 Å². The summed E-state index contributed by atoms with van der Waals surface area (Å²) in [6.07, 6.45) is 0. The third-order valence-electron chi connectivity index (χ3n) is 3.34. The topological polar surface area (TPSA) is 94.1 Å². The van der Waals surface area contributed by atoms with Gasteiger partial charge in [-0.2, -0.15) is 4.98 Å². The van der Waals surface area contributed by atoms with Crippen molar-refractivity contribution in [1.82, 2.24) is 10.1 Å². The molecule has 3 aromatic rings. The molecule has 1 heterocycles. The number of nitro groups is 1. The lowest BCUT2D eigenvalue weighted by Gasteiger charge is -2.06. The molecule has 2 aromatic carbocycles. The summed E-state index contributed by atoms with van der Waals surface area (Å²) in [7, 11) is 0. The number of aryl methyl sites for hydroxylation is 1. The van der Waals surface area contributed by atoms with E-state index < -0.39 is 4.92 Å². The Morgan fingerprint density at radius 2 is 2.12 bits per heavy atom. The van der Waals surface area contributed by atoms with E-state index in [0.717, 1.165) is 11.3 Å². The number of non-ortho nitro benzene ring substituents is 1. The maximum Gasteiger partial charge on any atom is 0.270 e. The van der Waals surface area contributed by atoms with Gasteiger partial charge in [0, 0.05) is 17.7 Å². The Hall–Kier alpha value is -2.93. The number of hydrogen-bond acceptors (Lipinski definition) is 6. The van der Waals surface area contributed by atoms with E-state index in [1.807, 2.05) is 25.1 Å². The molecule has 0 radical (unpaired) electrons. The minimum Gasteiger partial charge on any atom is -0.375 e. The third-order valence-corrected chi connectivity index (χ3v) is 3.65. The van der Waals surface area contributed by atoms with Crippen molar-refractivity contribution >= 4 is 23.0 Å². The maximum atomic E-state index is 10.8. The molecular formula is C16H13ClN4O3. The van der Waals surface area contributed by atoms with E-state index in [1.54, 1.807) is 12.1 Å². The number of halogens is 1. The van der Waals surface area contributed by atoms with E-state index >= 15 is 0 Å². The minimum absolute atomic E-state index is 0.0246. The Morgan fingerprint density at radius 1 is 1.29 bits per heavy atom. The van der Waals surface area contributed by atoms with Crippen LogP contribution in [0, 0.1) is 17.0 Å². The highest BCUT2D eigenvalue weighted by atomic mass is 35.5. The number of aromatic nitrogens is 2. The fraction of sp³-hybridized carbons (Fsp3) is 0.125. The Kier molecular flexibility index (Phi) is 4.43. The number of nitro benzene ring substituents is 1. The zero-order chi connectivity index (χ0) is 17.1. The molecular weight excluding hydrogens is 332 g/mol. The molecule has 3 rings (SSSR count). The molecule has 8 heteroatoms. The van der Waals surface area contributed by atoms with Gasteiger partial charge in [0.1, 0.15) is 0 Å². The van der Waals surface area contributed by atoms with Crippen LogP contribution in [-0.2, 0) is 6.54 Å². The third kappa shape index (κ3) is 3.52. The Bertz CT molecular complexity index is 895. The predicted molar refractivity (Wildman–Crippen MR) is 89.9 cm³/mol. The van der Waals surface area contributed by atoms with Crippen LogP contribution in [0.15, 0.2) is 47.0 Å². The first kappa shape index (κ1) is 15.9. The van der Waals surface area contributed by atoms with Crippen LogP contribution in [-0.4, -0.2) is 15.1 Å². The lowest BCUT2D eigenvalue weighted by atomic mass is 10.2. The van der Waals surface area contributed by atoms with Crippen LogP contribution >= 0.6 is 11.6 Å². The maximum absolute atomic E-state index is 10.8. The number of nitrogens with one attached hydrogen (secondary N) is 1. The summed E-state index contributed by atoms with van der Waals surface area (Å²) in [5, 5.41) is 18.4. The molecule has 0 bridgehead atoms. The van der Waals surface area contributed by atoms with Gasteiger partial charge in [-0.1, -0.05) is 35.0 Å². The lowest BCUT2D eigenvalue weighted by Crippen LogP contribution is -2.00. The highest BCUT2D eigenvalue weighted by Crippen LogP contribution is 2.24. The van der Waals surface area contributed by atoms with Gasteiger partial charge in [0.15, 0.2) is 0 Å². The Morgan fingerprint density at radius 3 is 2.88 bits per heavy atom. The van der Waals surface area contributed by atoms with Crippen LogP contribution in [0.2, 0.25) is 5.02 Å². The molecule has 0 atom stereocenters. The second kappa shape index (κ2) is 6.67. The normalized spacial score (nSPS) is 10.6. The molecule has 122 valence electrons. The molecule has 1 aromatic heterocycles. The fourth-order valence-electron chi connectivity index (χ4n) is 2.14. The largest absolute Gasteiger partial charge is 0.375 e. The summed E-state index contributed by atoms with van der Waals surface area (Å²) in [6.45, 7) is 2.25. The van der Waals surface area contributed by atoms with Crippen molar-refractivity contribution in [2.75, 3.05) is 5.32 Å². The smallest absolute Gasteiger partial charge is 0.270 e. The summed E-state index contributed by atoms with van der Waals surface area (Å²) >= 11 is 6.15. The van der Waals surface area contributed by atoms with E-state index in [1.165, 1.54) is 12.1 Å². The molecule has 1 N–H and O–H groups in total. The quantitative estimate of drug-likeness (QED) is 0.550. The molecule has 0 saturated heterocycles. The SMILES string of the molecule is Cc1ccc(NCc2nc(-c3cccc([N+](=O)[O-])c3)no2)c(Cl)c1. The average molecular weight is 345 g/mol. The molecule has 0 aliphatic heterocycles. The standard InChI is InChI=1S/C16H13ClN4O3/c1-10-5-6-14(13(17)7-10)18-9-15-19-16(20-24-15)11-3-2-4-12(8-11)21(22)23/h2-8,18H,9H2,1H3. The van der Waals surface area contributed by atoms with E-state index in [0.29, 0.717) is 28.8 Å². The average Bonchev–Trinajstić information content (AvgIpc) is 3.03. The van der Waals surface area contributed by atoms with Gasteiger partial charge in [-0.3, -0.25) is 10.1 Å². The summed E-state index contributed by atoms with van der Waals surface area (Å²) < 4.78 is 5.17. The monoisotopic (exact) mass is 344 g/mol. The number of benzene rings is 2. The van der Waals surface area contributed by atoms with E-state index in [9.17, 15) is 10.1 Å².